The van der Waals surface area contributed by atoms with Crippen LogP contribution in [0, 0.1) is 5.92 Å². The molecule has 1 aromatic rings. The van der Waals surface area contributed by atoms with Crippen LogP contribution < -0.4 is 15.4 Å². The molecule has 30 heavy (non-hydrogen) atoms. The summed E-state index contributed by atoms with van der Waals surface area (Å²) in [7, 11) is 3.60. The number of guanidine groups is 1. The van der Waals surface area contributed by atoms with Gasteiger partial charge in [-0.15, -0.1) is 0 Å². The van der Waals surface area contributed by atoms with Crippen molar-refractivity contribution in [3.63, 3.8) is 0 Å². The molecule has 0 aromatic heterocycles. The summed E-state index contributed by atoms with van der Waals surface area (Å²) in [5, 5.41) is 7.24. The Kier molecular flexibility index (Phi) is 8.82. The zero-order chi connectivity index (χ0) is 21.3. The molecular weight excluding hydrogens is 374 g/mol. The van der Waals surface area contributed by atoms with E-state index in [1.54, 1.807) is 7.11 Å². The molecule has 1 aromatic carbocycles. The van der Waals surface area contributed by atoms with Gasteiger partial charge in [-0.3, -0.25) is 9.89 Å². The summed E-state index contributed by atoms with van der Waals surface area (Å²) in [5.74, 6) is 2.62. The summed E-state index contributed by atoms with van der Waals surface area (Å²) in [6.45, 7) is 11.3. The number of hydrogen-bond donors (Lipinski definition) is 2. The third-order valence-corrected chi connectivity index (χ3v) is 6.65. The third kappa shape index (κ3) is 6.88. The number of methoxy groups -OCH3 is 1. The van der Waals surface area contributed by atoms with Gasteiger partial charge in [0.25, 0.3) is 0 Å². The van der Waals surface area contributed by atoms with Crippen molar-refractivity contribution < 1.29 is 4.74 Å². The van der Waals surface area contributed by atoms with E-state index in [-0.39, 0.29) is 0 Å². The second-order valence-corrected chi connectivity index (χ2v) is 9.07. The summed E-state index contributed by atoms with van der Waals surface area (Å²) >= 11 is 0. The van der Waals surface area contributed by atoms with Gasteiger partial charge in [-0.1, -0.05) is 12.1 Å². The maximum absolute atomic E-state index is 5.25. The van der Waals surface area contributed by atoms with Gasteiger partial charge < -0.3 is 20.3 Å². The summed E-state index contributed by atoms with van der Waals surface area (Å²) < 4.78 is 5.25. The van der Waals surface area contributed by atoms with Crippen LogP contribution in [0.25, 0.3) is 0 Å². The summed E-state index contributed by atoms with van der Waals surface area (Å²) in [5.41, 5.74) is 1.36. The molecule has 6 nitrogen and oxygen atoms in total. The van der Waals surface area contributed by atoms with E-state index in [0.29, 0.717) is 12.1 Å². The highest BCUT2D eigenvalue weighted by Gasteiger charge is 2.23. The minimum atomic E-state index is 0.539. The van der Waals surface area contributed by atoms with E-state index >= 15 is 0 Å². The van der Waals surface area contributed by atoms with Gasteiger partial charge in [0.1, 0.15) is 5.75 Å². The lowest BCUT2D eigenvalue weighted by Gasteiger charge is -2.36. The number of likely N-dealkylation sites (tertiary alicyclic amines) is 2. The van der Waals surface area contributed by atoms with Crippen molar-refractivity contribution in [2.24, 2.45) is 10.9 Å². The van der Waals surface area contributed by atoms with Gasteiger partial charge in [-0.2, -0.15) is 0 Å². The van der Waals surface area contributed by atoms with Gasteiger partial charge in [-0.25, -0.2) is 0 Å². The fourth-order valence-electron chi connectivity index (χ4n) is 4.53. The normalized spacial score (nSPS) is 20.5. The van der Waals surface area contributed by atoms with Crippen molar-refractivity contribution in [2.75, 3.05) is 46.9 Å². The number of nitrogens with zero attached hydrogens (tertiary/aromatic N) is 3. The Morgan fingerprint density at radius 2 is 1.73 bits per heavy atom. The molecular formula is C24H41N5O. The van der Waals surface area contributed by atoms with Crippen LogP contribution in [0.3, 0.4) is 0 Å². The smallest absolute Gasteiger partial charge is 0.191 e. The highest BCUT2D eigenvalue weighted by molar-refractivity contribution is 5.79. The number of nitrogens with one attached hydrogen (secondary N) is 2. The molecule has 0 bridgehead atoms. The van der Waals surface area contributed by atoms with Crippen LogP contribution in [0.4, 0.5) is 0 Å². The first kappa shape index (κ1) is 22.9. The topological polar surface area (TPSA) is 52.1 Å². The van der Waals surface area contributed by atoms with E-state index in [9.17, 15) is 0 Å². The summed E-state index contributed by atoms with van der Waals surface area (Å²) in [6.07, 6.45) is 4.88. The molecule has 2 heterocycles. The van der Waals surface area contributed by atoms with Crippen LogP contribution in [0.2, 0.25) is 0 Å². The summed E-state index contributed by atoms with van der Waals surface area (Å²) in [4.78, 5) is 9.59. The van der Waals surface area contributed by atoms with Gasteiger partial charge in [0.15, 0.2) is 5.96 Å². The highest BCUT2D eigenvalue weighted by Crippen LogP contribution is 2.20. The molecule has 0 amide bonds. The SMILES string of the molecule is CN=C(NCC1CCN(Cc2ccc(OC)cc2)CC1)NC1CCN(C(C)C)CC1. The minimum Gasteiger partial charge on any atom is -0.497 e. The van der Waals surface area contributed by atoms with Crippen molar-refractivity contribution in [2.45, 2.75) is 58.2 Å². The quantitative estimate of drug-likeness (QED) is 0.530. The first-order chi connectivity index (χ1) is 14.6. The van der Waals surface area contributed by atoms with E-state index in [0.717, 1.165) is 43.8 Å². The second-order valence-electron chi connectivity index (χ2n) is 9.07. The molecule has 0 atom stereocenters. The third-order valence-electron chi connectivity index (χ3n) is 6.65. The lowest BCUT2D eigenvalue weighted by molar-refractivity contribution is 0.166. The van der Waals surface area contributed by atoms with Gasteiger partial charge >= 0.3 is 0 Å². The van der Waals surface area contributed by atoms with Crippen LogP contribution in [0.1, 0.15) is 45.1 Å². The van der Waals surface area contributed by atoms with Crippen molar-refractivity contribution >= 4 is 5.96 Å². The number of rotatable bonds is 7. The molecule has 2 aliphatic rings. The highest BCUT2D eigenvalue weighted by atomic mass is 16.5. The average Bonchev–Trinajstić information content (AvgIpc) is 2.78. The Morgan fingerprint density at radius 1 is 1.07 bits per heavy atom. The van der Waals surface area contributed by atoms with E-state index in [1.165, 1.54) is 44.3 Å². The van der Waals surface area contributed by atoms with Crippen LogP contribution in [-0.2, 0) is 6.54 Å². The lowest BCUT2D eigenvalue weighted by Crippen LogP contribution is -2.50. The number of piperidine rings is 2. The zero-order valence-electron chi connectivity index (χ0n) is 19.4. The molecule has 168 valence electrons. The molecule has 2 N–H and O–H groups in total. The number of ether oxygens (including phenoxy) is 1. The Labute approximate surface area is 183 Å². The first-order valence-corrected chi connectivity index (χ1v) is 11.6. The monoisotopic (exact) mass is 415 g/mol. The predicted octanol–water partition coefficient (Wildman–Crippen LogP) is 2.95. The van der Waals surface area contributed by atoms with Crippen molar-refractivity contribution in [1.29, 1.82) is 0 Å². The Morgan fingerprint density at radius 3 is 2.30 bits per heavy atom. The standard InChI is InChI=1S/C24H41N5O/c1-19(2)29-15-11-22(12-16-29)27-24(25-3)26-17-20-9-13-28(14-10-20)18-21-5-7-23(30-4)8-6-21/h5-8,19-20,22H,9-18H2,1-4H3,(H2,25,26,27). The van der Waals surface area contributed by atoms with Gasteiger partial charge in [0.05, 0.1) is 7.11 Å². The fourth-order valence-corrected chi connectivity index (χ4v) is 4.53. The molecule has 0 aliphatic carbocycles. The van der Waals surface area contributed by atoms with E-state index in [4.69, 9.17) is 4.74 Å². The Bertz CT molecular complexity index is 644. The number of benzene rings is 1. The van der Waals surface area contributed by atoms with Crippen molar-refractivity contribution in [1.82, 2.24) is 20.4 Å². The first-order valence-electron chi connectivity index (χ1n) is 11.6. The molecule has 6 heteroatoms. The lowest BCUT2D eigenvalue weighted by atomic mass is 9.96. The van der Waals surface area contributed by atoms with Crippen LogP contribution in [0.5, 0.6) is 5.75 Å². The molecule has 0 saturated carbocycles. The molecule has 0 spiro atoms. The second kappa shape index (κ2) is 11.6. The molecule has 2 aliphatic heterocycles. The maximum Gasteiger partial charge on any atom is 0.191 e. The van der Waals surface area contributed by atoms with Gasteiger partial charge in [0.2, 0.25) is 0 Å². The largest absolute Gasteiger partial charge is 0.497 e. The van der Waals surface area contributed by atoms with Crippen LogP contribution in [0.15, 0.2) is 29.3 Å². The van der Waals surface area contributed by atoms with Crippen LogP contribution >= 0.6 is 0 Å². The number of aliphatic imine (C=N–C) groups is 1. The minimum absolute atomic E-state index is 0.539. The molecule has 2 saturated heterocycles. The van der Waals surface area contributed by atoms with Crippen LogP contribution in [-0.4, -0.2) is 74.7 Å². The molecule has 0 unspecified atom stereocenters. The van der Waals surface area contributed by atoms with Crippen molar-refractivity contribution in [3.8, 4) is 5.75 Å². The zero-order valence-corrected chi connectivity index (χ0v) is 19.4. The van der Waals surface area contributed by atoms with E-state index in [1.807, 2.05) is 7.05 Å². The summed E-state index contributed by atoms with van der Waals surface area (Å²) in [6, 6.07) is 9.65. The Balaban J connectivity index is 1.34. The number of hydrogen-bond acceptors (Lipinski definition) is 4. The Hall–Kier alpha value is -1.79. The van der Waals surface area contributed by atoms with E-state index < -0.39 is 0 Å². The predicted molar refractivity (Wildman–Crippen MR) is 125 cm³/mol. The molecule has 2 fully saturated rings. The van der Waals surface area contributed by atoms with Gasteiger partial charge in [0, 0.05) is 45.3 Å². The fraction of sp³-hybridized carbons (Fsp3) is 0.708. The van der Waals surface area contributed by atoms with Gasteiger partial charge in [-0.05, 0) is 76.2 Å². The molecule has 3 rings (SSSR count). The average molecular weight is 416 g/mol. The molecule has 0 radical (unpaired) electrons. The van der Waals surface area contributed by atoms with E-state index in [2.05, 4.69) is 63.5 Å². The van der Waals surface area contributed by atoms with Crippen molar-refractivity contribution in [3.05, 3.63) is 29.8 Å². The maximum atomic E-state index is 5.25.